The normalized spacial score (nSPS) is 24.6. The zero-order chi connectivity index (χ0) is 24.2. The fourth-order valence-electron chi connectivity index (χ4n) is 5.70. The van der Waals surface area contributed by atoms with Crippen molar-refractivity contribution in [2.75, 3.05) is 13.1 Å². The van der Waals surface area contributed by atoms with Crippen LogP contribution in [0.3, 0.4) is 0 Å². The van der Waals surface area contributed by atoms with Gasteiger partial charge in [-0.3, -0.25) is 0 Å². The molecule has 0 heterocycles. The third-order valence-electron chi connectivity index (χ3n) is 7.56. The van der Waals surface area contributed by atoms with Gasteiger partial charge in [-0.2, -0.15) is 0 Å². The highest BCUT2D eigenvalue weighted by atomic mass is 33.1. The van der Waals surface area contributed by atoms with Crippen LogP contribution in [0, 0.1) is 0 Å². The monoisotopic (exact) mass is 578 g/mol. The summed E-state index contributed by atoms with van der Waals surface area (Å²) >= 11 is 12.0. The Morgan fingerprint density at radius 3 is 1.29 bits per heavy atom. The summed E-state index contributed by atoms with van der Waals surface area (Å²) in [6, 6.07) is 1.37. The van der Waals surface area contributed by atoms with Crippen LogP contribution < -0.4 is 0 Å². The van der Waals surface area contributed by atoms with Gasteiger partial charge in [0.15, 0.2) is 0 Å². The van der Waals surface area contributed by atoms with Crippen LogP contribution in [0.15, 0.2) is 0 Å². The van der Waals surface area contributed by atoms with Crippen LogP contribution in [0.2, 0.25) is 0 Å². The minimum atomic E-state index is 0.682. The van der Waals surface area contributed by atoms with Crippen molar-refractivity contribution in [2.24, 2.45) is 0 Å². The summed E-state index contributed by atoms with van der Waals surface area (Å²) in [4.78, 5) is 5.15. The standard InChI is InChI=1S/C26H46N2S6/c1-3-19-27(21-13-7-5-8-14-21)25(29)33-31-23-17-11-12-18-24(23)32-34-26(30)28(20-4-2)22-15-9-6-10-16-22/h21-24H,3-20H2,1-2H3. The second-order valence-electron chi connectivity index (χ2n) is 10.2. The van der Waals surface area contributed by atoms with Crippen molar-refractivity contribution in [3.8, 4) is 0 Å². The lowest BCUT2D eigenvalue weighted by Crippen LogP contribution is -2.40. The van der Waals surface area contributed by atoms with Gasteiger partial charge in [0.05, 0.1) is 0 Å². The lowest BCUT2D eigenvalue weighted by atomic mass is 9.94. The smallest absolute Gasteiger partial charge is 0.147 e. The van der Waals surface area contributed by atoms with Crippen molar-refractivity contribution in [3.05, 3.63) is 0 Å². The molecule has 8 heteroatoms. The lowest BCUT2D eigenvalue weighted by molar-refractivity contribution is 0.251. The predicted molar refractivity (Wildman–Crippen MR) is 169 cm³/mol. The Labute approximate surface area is 236 Å². The number of rotatable bonds is 10. The van der Waals surface area contributed by atoms with Gasteiger partial charge in [0.25, 0.3) is 0 Å². The van der Waals surface area contributed by atoms with Crippen LogP contribution in [0.4, 0.5) is 0 Å². The molecule has 2 nitrogen and oxygen atoms in total. The molecule has 0 bridgehead atoms. The fraction of sp³-hybridized carbons (Fsp3) is 0.923. The van der Waals surface area contributed by atoms with Gasteiger partial charge in [-0.25, -0.2) is 0 Å². The van der Waals surface area contributed by atoms with E-state index in [1.54, 1.807) is 0 Å². The first-order valence-corrected chi connectivity index (χ1v) is 19.2. The molecule has 3 aliphatic rings. The average Bonchev–Trinajstić information content (AvgIpc) is 2.89. The first kappa shape index (κ1) is 29.7. The van der Waals surface area contributed by atoms with Crippen molar-refractivity contribution < 1.29 is 0 Å². The maximum Gasteiger partial charge on any atom is 0.147 e. The maximum atomic E-state index is 6.00. The van der Waals surface area contributed by atoms with Crippen LogP contribution in [-0.4, -0.2) is 54.1 Å². The highest BCUT2D eigenvalue weighted by molar-refractivity contribution is 8.85. The number of nitrogens with zero attached hydrogens (tertiary/aromatic N) is 2. The molecule has 0 aromatic carbocycles. The van der Waals surface area contributed by atoms with E-state index in [1.165, 1.54) is 103 Å². The van der Waals surface area contributed by atoms with E-state index in [0.717, 1.165) is 21.7 Å². The molecular weight excluding hydrogens is 533 g/mol. The summed E-state index contributed by atoms with van der Waals surface area (Å²) in [7, 11) is 7.96. The molecule has 0 amide bonds. The maximum absolute atomic E-state index is 6.00. The number of hydrogen-bond donors (Lipinski definition) is 0. The first-order chi connectivity index (χ1) is 16.6. The van der Waals surface area contributed by atoms with Gasteiger partial charge in [-0.05, 0) is 73.0 Å². The van der Waals surface area contributed by atoms with Crippen LogP contribution in [-0.2, 0) is 0 Å². The molecule has 3 saturated carbocycles. The zero-order valence-corrected chi connectivity index (χ0v) is 26.3. The van der Waals surface area contributed by atoms with E-state index in [-0.39, 0.29) is 0 Å². The summed E-state index contributed by atoms with van der Waals surface area (Å²) in [6.45, 7) is 6.83. The van der Waals surface area contributed by atoms with Gasteiger partial charge in [0.1, 0.15) is 8.64 Å². The highest BCUT2D eigenvalue weighted by Crippen LogP contribution is 2.46. The van der Waals surface area contributed by atoms with E-state index in [9.17, 15) is 0 Å². The van der Waals surface area contributed by atoms with Crippen LogP contribution in [0.1, 0.15) is 117 Å². The third-order valence-corrected chi connectivity index (χ3v) is 14.9. The third kappa shape index (κ3) is 9.49. The second kappa shape index (κ2) is 16.9. The summed E-state index contributed by atoms with van der Waals surface area (Å²) in [5.74, 6) is 0. The second-order valence-corrected chi connectivity index (χ2v) is 16.4. The van der Waals surface area contributed by atoms with Gasteiger partial charge < -0.3 is 9.80 Å². The van der Waals surface area contributed by atoms with Crippen molar-refractivity contribution in [3.63, 3.8) is 0 Å². The Morgan fingerprint density at radius 1 is 0.588 bits per heavy atom. The van der Waals surface area contributed by atoms with Gasteiger partial charge in [-0.1, -0.05) is 111 Å². The molecule has 2 unspecified atom stereocenters. The Bertz CT molecular complexity index is 554. The van der Waals surface area contributed by atoms with Gasteiger partial charge in [0.2, 0.25) is 0 Å². The van der Waals surface area contributed by atoms with Gasteiger partial charge >= 0.3 is 0 Å². The van der Waals surface area contributed by atoms with Crippen LogP contribution in [0.5, 0.6) is 0 Å². The summed E-state index contributed by atoms with van der Waals surface area (Å²) < 4.78 is 2.28. The van der Waals surface area contributed by atoms with Gasteiger partial charge in [0, 0.05) is 35.7 Å². The van der Waals surface area contributed by atoms with Crippen molar-refractivity contribution in [2.45, 2.75) is 139 Å². The van der Waals surface area contributed by atoms with E-state index >= 15 is 0 Å². The van der Waals surface area contributed by atoms with E-state index < -0.39 is 0 Å². The SMILES string of the molecule is CCCN(C(=S)SSC1CCCCC1SSC(=S)N(CCC)C1CCCCC1)C1CCCCC1. The predicted octanol–water partition coefficient (Wildman–Crippen LogP) is 9.72. The molecule has 0 spiro atoms. The molecule has 0 N–H and O–H groups in total. The van der Waals surface area contributed by atoms with E-state index in [4.69, 9.17) is 24.4 Å². The molecule has 0 saturated heterocycles. The Hall–Kier alpha value is 1.18. The van der Waals surface area contributed by atoms with Crippen molar-refractivity contribution in [1.29, 1.82) is 0 Å². The average molecular weight is 579 g/mol. The molecule has 3 aliphatic carbocycles. The molecule has 0 aromatic rings. The summed E-state index contributed by atoms with van der Waals surface area (Å²) in [5.41, 5.74) is 0. The Kier molecular flexibility index (Phi) is 14.8. The minimum Gasteiger partial charge on any atom is -0.354 e. The van der Waals surface area contributed by atoms with E-state index in [2.05, 4.69) is 45.2 Å². The fourth-order valence-corrected chi connectivity index (χ4v) is 13.0. The Balaban J connectivity index is 1.50. The molecule has 3 rings (SSSR count). The molecule has 2 atom stereocenters. The quantitative estimate of drug-likeness (QED) is 0.184. The Morgan fingerprint density at radius 2 is 0.941 bits per heavy atom. The topological polar surface area (TPSA) is 6.48 Å². The minimum absolute atomic E-state index is 0.682. The van der Waals surface area contributed by atoms with E-state index in [1.807, 2.05) is 21.6 Å². The van der Waals surface area contributed by atoms with E-state index in [0.29, 0.717) is 22.6 Å². The highest BCUT2D eigenvalue weighted by Gasteiger charge is 2.31. The number of hydrogen-bond acceptors (Lipinski definition) is 6. The first-order valence-electron chi connectivity index (χ1n) is 13.9. The number of thiocarbonyl (C=S) groups is 2. The summed E-state index contributed by atoms with van der Waals surface area (Å²) in [5, 5.41) is 1.36. The molecule has 0 aliphatic heterocycles. The molecule has 34 heavy (non-hydrogen) atoms. The summed E-state index contributed by atoms with van der Waals surface area (Å²) in [6.07, 6.45) is 21.4. The molecule has 196 valence electrons. The van der Waals surface area contributed by atoms with Crippen LogP contribution in [0.25, 0.3) is 0 Å². The molecule has 0 aromatic heterocycles. The lowest BCUT2D eigenvalue weighted by Gasteiger charge is -2.37. The molecule has 3 fully saturated rings. The van der Waals surface area contributed by atoms with Gasteiger partial charge in [-0.15, -0.1) is 0 Å². The zero-order valence-electron chi connectivity index (χ0n) is 21.4. The molecule has 0 radical (unpaired) electrons. The van der Waals surface area contributed by atoms with Crippen molar-refractivity contribution >= 4 is 76.3 Å². The molecular formula is C26H46N2S6. The van der Waals surface area contributed by atoms with Crippen LogP contribution >= 0.6 is 67.6 Å². The largest absolute Gasteiger partial charge is 0.354 e. The van der Waals surface area contributed by atoms with Crippen molar-refractivity contribution in [1.82, 2.24) is 9.80 Å².